The van der Waals surface area contributed by atoms with Crippen LogP contribution in [0.25, 0.3) is 0 Å². The van der Waals surface area contributed by atoms with Gasteiger partial charge in [0.05, 0.1) is 29.5 Å². The molecular weight excluding hydrogens is 555 g/mol. The van der Waals surface area contributed by atoms with E-state index in [1.165, 1.54) is 46.4 Å². The van der Waals surface area contributed by atoms with E-state index in [2.05, 4.69) is 19.2 Å². The van der Waals surface area contributed by atoms with Gasteiger partial charge in [-0.25, -0.2) is 17.8 Å². The first-order valence-corrected chi connectivity index (χ1v) is 15.7. The summed E-state index contributed by atoms with van der Waals surface area (Å²) in [7, 11) is -3.64. The number of nitrogens with one attached hydrogen (secondary N) is 1. The SMILES string of the molecule is CC(C)CCC(C)N1C(=O)C(CC(=O)Nc2ccccc2F)SC1=Nc1ccc(S(=O)(=O)N2CCOCC2)cc1. The topological polar surface area (TPSA) is 108 Å². The number of para-hydroxylation sites is 1. The summed E-state index contributed by atoms with van der Waals surface area (Å²) in [6, 6.07) is 12.0. The summed E-state index contributed by atoms with van der Waals surface area (Å²) in [6.07, 6.45) is 1.53. The summed E-state index contributed by atoms with van der Waals surface area (Å²) in [6.45, 7) is 7.52. The first-order chi connectivity index (χ1) is 19.1. The molecule has 9 nitrogen and oxygen atoms in total. The highest BCUT2D eigenvalue weighted by molar-refractivity contribution is 8.15. The zero-order valence-corrected chi connectivity index (χ0v) is 24.5. The Morgan fingerprint density at radius 3 is 2.42 bits per heavy atom. The van der Waals surface area contributed by atoms with Crippen molar-refractivity contribution < 1.29 is 27.1 Å². The highest BCUT2D eigenvalue weighted by Crippen LogP contribution is 2.35. The van der Waals surface area contributed by atoms with E-state index in [9.17, 15) is 22.4 Å². The fourth-order valence-corrected chi connectivity index (χ4v) is 7.13. The first kappa shape index (κ1) is 30.2. The van der Waals surface area contributed by atoms with E-state index in [0.29, 0.717) is 43.1 Å². The van der Waals surface area contributed by atoms with Crippen molar-refractivity contribution in [1.82, 2.24) is 9.21 Å². The van der Waals surface area contributed by atoms with Gasteiger partial charge in [0.15, 0.2) is 5.17 Å². The van der Waals surface area contributed by atoms with Crippen LogP contribution in [0.15, 0.2) is 58.4 Å². The highest BCUT2D eigenvalue weighted by Gasteiger charge is 2.41. The van der Waals surface area contributed by atoms with Crippen LogP contribution in [-0.2, 0) is 24.3 Å². The molecule has 2 amide bonds. The van der Waals surface area contributed by atoms with Crippen LogP contribution in [0.3, 0.4) is 0 Å². The molecule has 4 rings (SSSR count). The van der Waals surface area contributed by atoms with E-state index in [1.54, 1.807) is 23.1 Å². The summed E-state index contributed by atoms with van der Waals surface area (Å²) in [5.41, 5.74) is 0.555. The fraction of sp³-hybridized carbons (Fsp3) is 0.464. The Hall–Kier alpha value is -2.80. The smallest absolute Gasteiger partial charge is 0.243 e. The predicted molar refractivity (Wildman–Crippen MR) is 155 cm³/mol. The zero-order valence-electron chi connectivity index (χ0n) is 22.9. The molecule has 2 aromatic rings. The molecular formula is C28H35FN4O5S2. The maximum atomic E-state index is 14.0. The monoisotopic (exact) mass is 590 g/mol. The summed E-state index contributed by atoms with van der Waals surface area (Å²) in [4.78, 5) is 32.7. The third-order valence-corrected chi connectivity index (χ3v) is 9.82. The van der Waals surface area contributed by atoms with Gasteiger partial charge in [0.25, 0.3) is 0 Å². The number of hydrogen-bond donors (Lipinski definition) is 1. The van der Waals surface area contributed by atoms with Gasteiger partial charge in [-0.05, 0) is 62.1 Å². The fourth-order valence-electron chi connectivity index (χ4n) is 4.47. The van der Waals surface area contributed by atoms with Gasteiger partial charge in [0.2, 0.25) is 21.8 Å². The van der Waals surface area contributed by atoms with E-state index in [-0.39, 0.29) is 29.0 Å². The summed E-state index contributed by atoms with van der Waals surface area (Å²) >= 11 is 1.19. The molecule has 1 N–H and O–H groups in total. The van der Waals surface area contributed by atoms with Gasteiger partial charge >= 0.3 is 0 Å². The Morgan fingerprint density at radius 2 is 1.77 bits per heavy atom. The van der Waals surface area contributed by atoms with Crippen molar-refractivity contribution >= 4 is 50.1 Å². The van der Waals surface area contributed by atoms with Gasteiger partial charge in [-0.1, -0.05) is 37.7 Å². The third kappa shape index (κ3) is 7.28. The molecule has 0 bridgehead atoms. The molecule has 216 valence electrons. The normalized spacial score (nSPS) is 20.3. The second kappa shape index (κ2) is 13.2. The lowest BCUT2D eigenvalue weighted by Gasteiger charge is -2.26. The molecule has 0 saturated carbocycles. The maximum absolute atomic E-state index is 14.0. The zero-order chi connectivity index (χ0) is 28.9. The van der Waals surface area contributed by atoms with Gasteiger partial charge in [-0.15, -0.1) is 0 Å². The van der Waals surface area contributed by atoms with Gasteiger partial charge < -0.3 is 10.1 Å². The molecule has 2 aliphatic heterocycles. The first-order valence-electron chi connectivity index (χ1n) is 13.4. The molecule has 2 aliphatic rings. The van der Waals surface area contributed by atoms with Crippen molar-refractivity contribution in [2.75, 3.05) is 31.6 Å². The molecule has 12 heteroatoms. The van der Waals surface area contributed by atoms with Gasteiger partial charge in [0.1, 0.15) is 11.1 Å². The number of benzene rings is 2. The molecule has 40 heavy (non-hydrogen) atoms. The molecule has 2 saturated heterocycles. The van der Waals surface area contributed by atoms with Crippen molar-refractivity contribution in [3.8, 4) is 0 Å². The number of carbonyl (C=O) groups is 2. The minimum atomic E-state index is -3.64. The molecule has 2 atom stereocenters. The molecule has 0 aliphatic carbocycles. The van der Waals surface area contributed by atoms with Crippen molar-refractivity contribution in [1.29, 1.82) is 0 Å². The quantitative estimate of drug-likeness (QED) is 0.432. The Balaban J connectivity index is 1.53. The van der Waals surface area contributed by atoms with E-state index < -0.39 is 27.0 Å². The molecule has 0 aromatic heterocycles. The number of thioether (sulfide) groups is 1. The number of ether oxygens (including phenoxy) is 1. The number of anilines is 1. The lowest BCUT2D eigenvalue weighted by atomic mass is 10.0. The van der Waals surface area contributed by atoms with E-state index in [1.807, 2.05) is 6.92 Å². The van der Waals surface area contributed by atoms with Crippen LogP contribution in [-0.4, -0.2) is 72.2 Å². The largest absolute Gasteiger partial charge is 0.379 e. The van der Waals surface area contributed by atoms with Crippen molar-refractivity contribution in [2.45, 2.75) is 56.2 Å². The minimum absolute atomic E-state index is 0.0612. The summed E-state index contributed by atoms with van der Waals surface area (Å²) in [5, 5.41) is 2.28. The highest BCUT2D eigenvalue weighted by atomic mass is 32.2. The molecule has 0 radical (unpaired) electrons. The molecule has 0 spiro atoms. The van der Waals surface area contributed by atoms with E-state index >= 15 is 0 Å². The van der Waals surface area contributed by atoms with Crippen LogP contribution in [0.1, 0.15) is 40.0 Å². The van der Waals surface area contributed by atoms with Crippen molar-refractivity contribution in [3.63, 3.8) is 0 Å². The second-order valence-corrected chi connectivity index (χ2v) is 13.4. The Morgan fingerprint density at radius 1 is 1.10 bits per heavy atom. The number of hydrogen-bond acceptors (Lipinski definition) is 7. The number of aliphatic imine (C=N–C) groups is 1. The lowest BCUT2D eigenvalue weighted by Crippen LogP contribution is -2.40. The molecule has 2 aromatic carbocycles. The Bertz CT molecular complexity index is 1340. The molecule has 2 fully saturated rings. The van der Waals surface area contributed by atoms with Crippen LogP contribution >= 0.6 is 11.8 Å². The number of morpholine rings is 1. The summed E-state index contributed by atoms with van der Waals surface area (Å²) in [5.74, 6) is -0.789. The predicted octanol–water partition coefficient (Wildman–Crippen LogP) is 4.63. The van der Waals surface area contributed by atoms with E-state index in [4.69, 9.17) is 9.73 Å². The molecule has 2 unspecified atom stereocenters. The van der Waals surface area contributed by atoms with Crippen molar-refractivity contribution in [3.05, 3.63) is 54.3 Å². The number of nitrogens with zero attached hydrogens (tertiary/aromatic N) is 3. The minimum Gasteiger partial charge on any atom is -0.379 e. The average molecular weight is 591 g/mol. The van der Waals surface area contributed by atoms with Crippen LogP contribution in [0.5, 0.6) is 0 Å². The third-order valence-electron chi connectivity index (χ3n) is 6.76. The van der Waals surface area contributed by atoms with Gasteiger partial charge in [0, 0.05) is 25.6 Å². The van der Waals surface area contributed by atoms with Gasteiger partial charge in [-0.3, -0.25) is 14.5 Å². The van der Waals surface area contributed by atoms with E-state index in [0.717, 1.165) is 12.8 Å². The van der Waals surface area contributed by atoms with Gasteiger partial charge in [-0.2, -0.15) is 4.31 Å². The number of halogens is 1. The van der Waals surface area contributed by atoms with Crippen LogP contribution in [0, 0.1) is 11.7 Å². The Labute approximate surface area is 239 Å². The Kier molecular flexibility index (Phi) is 9.99. The number of sulfonamides is 1. The van der Waals surface area contributed by atoms with Crippen LogP contribution < -0.4 is 5.32 Å². The molecule has 2 heterocycles. The standard InChI is InChI=1S/C28H35FN4O5S2/c1-19(2)8-9-20(3)33-27(35)25(18-26(34)31-24-7-5-4-6-23(24)29)39-28(33)30-21-10-12-22(13-11-21)40(36,37)32-14-16-38-17-15-32/h4-7,10-13,19-20,25H,8-9,14-18H2,1-3H3,(H,31,34). The number of amidine groups is 1. The van der Waals surface area contributed by atoms with Crippen LogP contribution in [0.4, 0.5) is 15.8 Å². The lowest BCUT2D eigenvalue weighted by molar-refractivity contribution is -0.129. The number of amides is 2. The van der Waals surface area contributed by atoms with Crippen molar-refractivity contribution in [2.24, 2.45) is 10.9 Å². The number of rotatable bonds is 10. The summed E-state index contributed by atoms with van der Waals surface area (Å²) < 4.78 is 46.6. The number of carbonyl (C=O) groups excluding carboxylic acids is 2. The second-order valence-electron chi connectivity index (χ2n) is 10.3. The average Bonchev–Trinajstić information content (AvgIpc) is 3.23. The van der Waals surface area contributed by atoms with Crippen LogP contribution in [0.2, 0.25) is 0 Å². The maximum Gasteiger partial charge on any atom is 0.243 e.